The summed E-state index contributed by atoms with van der Waals surface area (Å²) in [6.07, 6.45) is 0. The van der Waals surface area contributed by atoms with Crippen molar-refractivity contribution in [3.05, 3.63) is 41.2 Å². The summed E-state index contributed by atoms with van der Waals surface area (Å²) in [5, 5.41) is 17.8. The highest BCUT2D eigenvalue weighted by atomic mass is 32.2. The Balaban J connectivity index is 2.08. The highest BCUT2D eigenvalue weighted by Gasteiger charge is 2.07. The second-order valence-electron chi connectivity index (χ2n) is 3.88. The number of aryl methyl sites for hydroxylation is 1. The molecule has 0 aliphatic carbocycles. The van der Waals surface area contributed by atoms with E-state index in [4.69, 9.17) is 5.11 Å². The molecular weight excluding hydrogens is 250 g/mol. The molecule has 2 aromatic rings. The van der Waals surface area contributed by atoms with Gasteiger partial charge in [-0.1, -0.05) is 23.9 Å². The van der Waals surface area contributed by atoms with Gasteiger partial charge in [0, 0.05) is 12.8 Å². The Morgan fingerprint density at radius 3 is 2.83 bits per heavy atom. The Morgan fingerprint density at radius 1 is 1.44 bits per heavy atom. The molecular formula is C12H13N3O2S. The summed E-state index contributed by atoms with van der Waals surface area (Å²) < 4.78 is 1.91. The third kappa shape index (κ3) is 2.70. The molecule has 0 aliphatic heterocycles. The SMILES string of the molecule is Cc1nnc(SCc2cccc(C(=O)O)c2)n1C. The zero-order valence-corrected chi connectivity index (χ0v) is 10.9. The third-order valence-corrected chi connectivity index (χ3v) is 3.69. The molecule has 0 spiro atoms. The fraction of sp³-hybridized carbons (Fsp3) is 0.250. The van der Waals surface area contributed by atoms with Crippen LogP contribution < -0.4 is 0 Å². The van der Waals surface area contributed by atoms with Gasteiger partial charge in [0.2, 0.25) is 0 Å². The number of benzene rings is 1. The quantitative estimate of drug-likeness (QED) is 0.856. The van der Waals surface area contributed by atoms with Crippen LogP contribution in [0.15, 0.2) is 29.4 Å². The smallest absolute Gasteiger partial charge is 0.335 e. The first-order valence-corrected chi connectivity index (χ1v) is 6.37. The fourth-order valence-corrected chi connectivity index (χ4v) is 2.36. The molecule has 0 aliphatic rings. The van der Waals surface area contributed by atoms with Gasteiger partial charge < -0.3 is 9.67 Å². The molecule has 1 aromatic heterocycles. The van der Waals surface area contributed by atoms with E-state index in [0.717, 1.165) is 16.5 Å². The zero-order chi connectivity index (χ0) is 13.1. The largest absolute Gasteiger partial charge is 0.478 e. The van der Waals surface area contributed by atoms with Crippen LogP contribution in [0, 0.1) is 6.92 Å². The van der Waals surface area contributed by atoms with Gasteiger partial charge in [-0.3, -0.25) is 0 Å². The van der Waals surface area contributed by atoms with Crippen LogP contribution >= 0.6 is 11.8 Å². The average molecular weight is 263 g/mol. The number of aromatic nitrogens is 3. The van der Waals surface area contributed by atoms with Gasteiger partial charge in [0.25, 0.3) is 0 Å². The molecule has 1 aromatic carbocycles. The topological polar surface area (TPSA) is 68.0 Å². The Kier molecular flexibility index (Phi) is 3.66. The van der Waals surface area contributed by atoms with Crippen LogP contribution in [-0.2, 0) is 12.8 Å². The van der Waals surface area contributed by atoms with Gasteiger partial charge in [-0.25, -0.2) is 4.79 Å². The molecule has 1 heterocycles. The minimum atomic E-state index is -0.906. The Bertz CT molecular complexity index is 580. The second kappa shape index (κ2) is 5.22. The molecule has 0 fully saturated rings. The molecule has 0 amide bonds. The number of hydrogen-bond acceptors (Lipinski definition) is 4. The lowest BCUT2D eigenvalue weighted by Crippen LogP contribution is -1.97. The minimum Gasteiger partial charge on any atom is -0.478 e. The predicted molar refractivity (Wildman–Crippen MR) is 68.7 cm³/mol. The molecule has 2 rings (SSSR count). The molecule has 18 heavy (non-hydrogen) atoms. The van der Waals surface area contributed by atoms with Crippen LogP contribution in [0.4, 0.5) is 0 Å². The molecule has 0 radical (unpaired) electrons. The van der Waals surface area contributed by atoms with Crippen LogP contribution in [0.5, 0.6) is 0 Å². The average Bonchev–Trinajstić information content (AvgIpc) is 2.68. The number of carboxylic acids is 1. The highest BCUT2D eigenvalue weighted by Crippen LogP contribution is 2.21. The van der Waals surface area contributed by atoms with Gasteiger partial charge >= 0.3 is 5.97 Å². The first-order chi connectivity index (χ1) is 8.58. The van der Waals surface area contributed by atoms with Crippen molar-refractivity contribution in [1.29, 1.82) is 0 Å². The van der Waals surface area contributed by atoms with E-state index in [-0.39, 0.29) is 0 Å². The number of thioether (sulfide) groups is 1. The first kappa shape index (κ1) is 12.6. The van der Waals surface area contributed by atoms with Gasteiger partial charge in [-0.2, -0.15) is 0 Å². The van der Waals surface area contributed by atoms with Gasteiger partial charge in [-0.15, -0.1) is 10.2 Å². The zero-order valence-electron chi connectivity index (χ0n) is 10.1. The molecule has 0 unspecified atom stereocenters. The van der Waals surface area contributed by atoms with E-state index >= 15 is 0 Å². The lowest BCUT2D eigenvalue weighted by Gasteiger charge is -2.03. The maximum absolute atomic E-state index is 10.9. The monoisotopic (exact) mass is 263 g/mol. The molecule has 0 bridgehead atoms. The Hall–Kier alpha value is -1.82. The van der Waals surface area contributed by atoms with E-state index in [1.807, 2.05) is 24.6 Å². The first-order valence-electron chi connectivity index (χ1n) is 5.39. The van der Waals surface area contributed by atoms with Crippen molar-refractivity contribution in [3.63, 3.8) is 0 Å². The highest BCUT2D eigenvalue weighted by molar-refractivity contribution is 7.98. The van der Waals surface area contributed by atoms with E-state index in [2.05, 4.69) is 10.2 Å². The Morgan fingerprint density at radius 2 is 2.22 bits per heavy atom. The van der Waals surface area contributed by atoms with Gasteiger partial charge in [0.05, 0.1) is 5.56 Å². The maximum Gasteiger partial charge on any atom is 0.335 e. The normalized spacial score (nSPS) is 10.6. The summed E-state index contributed by atoms with van der Waals surface area (Å²) >= 11 is 1.54. The van der Waals surface area contributed by atoms with Crippen LogP contribution in [0.2, 0.25) is 0 Å². The van der Waals surface area contributed by atoms with Crippen molar-refractivity contribution in [1.82, 2.24) is 14.8 Å². The van der Waals surface area contributed by atoms with E-state index in [0.29, 0.717) is 11.3 Å². The lowest BCUT2D eigenvalue weighted by atomic mass is 10.1. The molecule has 5 nitrogen and oxygen atoms in total. The number of nitrogens with zero attached hydrogens (tertiary/aromatic N) is 3. The number of carboxylic acid groups (broad SMARTS) is 1. The Labute approximate surface area is 109 Å². The van der Waals surface area contributed by atoms with Gasteiger partial charge in [-0.05, 0) is 24.6 Å². The van der Waals surface area contributed by atoms with Crippen molar-refractivity contribution in [2.24, 2.45) is 7.05 Å². The van der Waals surface area contributed by atoms with E-state index in [9.17, 15) is 4.79 Å². The van der Waals surface area contributed by atoms with Crippen molar-refractivity contribution in [2.75, 3.05) is 0 Å². The van der Waals surface area contributed by atoms with Crippen LogP contribution in [-0.4, -0.2) is 25.8 Å². The molecule has 6 heteroatoms. The molecule has 1 N–H and O–H groups in total. The lowest BCUT2D eigenvalue weighted by molar-refractivity contribution is 0.0697. The molecule has 94 valence electrons. The van der Waals surface area contributed by atoms with Gasteiger partial charge in [0.1, 0.15) is 5.82 Å². The van der Waals surface area contributed by atoms with Crippen molar-refractivity contribution in [3.8, 4) is 0 Å². The van der Waals surface area contributed by atoms with Crippen LogP contribution in [0.25, 0.3) is 0 Å². The summed E-state index contributed by atoms with van der Waals surface area (Å²) in [5.41, 5.74) is 1.27. The maximum atomic E-state index is 10.9. The molecule has 0 saturated carbocycles. The fourth-order valence-electron chi connectivity index (χ4n) is 1.46. The van der Waals surface area contributed by atoms with Crippen molar-refractivity contribution < 1.29 is 9.90 Å². The van der Waals surface area contributed by atoms with E-state index in [1.165, 1.54) is 11.8 Å². The minimum absolute atomic E-state index is 0.308. The number of hydrogen-bond donors (Lipinski definition) is 1. The summed E-state index contributed by atoms with van der Waals surface area (Å²) in [7, 11) is 1.91. The molecule has 0 saturated heterocycles. The summed E-state index contributed by atoms with van der Waals surface area (Å²) in [6, 6.07) is 6.92. The number of aromatic carboxylic acids is 1. The van der Waals surface area contributed by atoms with Crippen molar-refractivity contribution in [2.45, 2.75) is 17.8 Å². The van der Waals surface area contributed by atoms with E-state index < -0.39 is 5.97 Å². The van der Waals surface area contributed by atoms with Crippen LogP contribution in [0.1, 0.15) is 21.7 Å². The van der Waals surface area contributed by atoms with Crippen molar-refractivity contribution >= 4 is 17.7 Å². The standard InChI is InChI=1S/C12H13N3O2S/c1-8-13-14-12(15(8)2)18-7-9-4-3-5-10(6-9)11(16)17/h3-6H,7H2,1-2H3,(H,16,17). The summed E-state index contributed by atoms with van der Waals surface area (Å²) in [5.74, 6) is 0.626. The second-order valence-corrected chi connectivity index (χ2v) is 4.83. The van der Waals surface area contributed by atoms with E-state index in [1.54, 1.807) is 18.2 Å². The molecule has 0 atom stereocenters. The summed E-state index contributed by atoms with van der Waals surface area (Å²) in [4.78, 5) is 10.9. The number of rotatable bonds is 4. The van der Waals surface area contributed by atoms with Gasteiger partial charge in [0.15, 0.2) is 5.16 Å². The number of carbonyl (C=O) groups is 1. The predicted octanol–water partition coefficient (Wildman–Crippen LogP) is 2.11. The third-order valence-electron chi connectivity index (χ3n) is 2.59. The summed E-state index contributed by atoms with van der Waals surface area (Å²) in [6.45, 7) is 1.89. The van der Waals surface area contributed by atoms with Crippen LogP contribution in [0.3, 0.4) is 0 Å².